The molecule has 0 unspecified atom stereocenters. The first-order chi connectivity index (χ1) is 8.65. The summed E-state index contributed by atoms with van der Waals surface area (Å²) in [6.45, 7) is 0. The van der Waals surface area contributed by atoms with Gasteiger partial charge in [-0.1, -0.05) is 0 Å². The van der Waals surface area contributed by atoms with Gasteiger partial charge in [0.15, 0.2) is 11.3 Å². The lowest BCUT2D eigenvalue weighted by Gasteiger charge is -2.12. The van der Waals surface area contributed by atoms with Crippen LogP contribution in [0.25, 0.3) is 0 Å². The molecular formula is C8H5F5N2O4. The van der Waals surface area contributed by atoms with Gasteiger partial charge in [0, 0.05) is 4.98 Å². The predicted molar refractivity (Wildman–Crippen MR) is 49.1 cm³/mol. The lowest BCUT2D eigenvalue weighted by atomic mass is 10.2. The molecule has 1 aromatic rings. The summed E-state index contributed by atoms with van der Waals surface area (Å²) in [5.74, 6) is -3.55. The second kappa shape index (κ2) is 5.20. The third-order valence-corrected chi connectivity index (χ3v) is 1.80. The number of methoxy groups -OCH3 is 1. The fraction of sp³-hybridized carbons (Fsp3) is 0.375. The Morgan fingerprint density at radius 1 is 1.42 bits per heavy atom. The summed E-state index contributed by atoms with van der Waals surface area (Å²) in [6, 6.07) is 0.391. The van der Waals surface area contributed by atoms with Crippen LogP contribution in [0.3, 0.4) is 0 Å². The van der Waals surface area contributed by atoms with Crippen LogP contribution in [0.1, 0.15) is 12.0 Å². The van der Waals surface area contributed by atoms with E-state index in [4.69, 9.17) is 0 Å². The maximum absolute atomic E-state index is 12.6. The normalized spacial score (nSPS) is 11.5. The molecule has 0 aliphatic rings. The van der Waals surface area contributed by atoms with E-state index < -0.39 is 40.7 Å². The van der Waals surface area contributed by atoms with Crippen molar-refractivity contribution in [2.75, 3.05) is 7.11 Å². The van der Waals surface area contributed by atoms with Gasteiger partial charge in [-0.25, -0.2) is 8.78 Å². The molecule has 0 atom stereocenters. The first kappa shape index (κ1) is 14.9. The number of rotatable bonds is 4. The van der Waals surface area contributed by atoms with Crippen molar-refractivity contribution in [1.29, 1.82) is 0 Å². The number of hydrogen-bond acceptors (Lipinski definition) is 5. The van der Waals surface area contributed by atoms with Crippen molar-refractivity contribution < 1.29 is 36.3 Å². The zero-order valence-corrected chi connectivity index (χ0v) is 9.07. The average molecular weight is 288 g/mol. The highest BCUT2D eigenvalue weighted by Gasteiger charge is 2.38. The SMILES string of the molecule is COc1cc(OC(F)(F)F)c(C(F)F)c([N+](=O)[O-])n1. The van der Waals surface area contributed by atoms with E-state index in [0.29, 0.717) is 6.07 Å². The molecule has 0 N–H and O–H groups in total. The third kappa shape index (κ3) is 3.63. The molecule has 0 fully saturated rings. The zero-order valence-electron chi connectivity index (χ0n) is 9.07. The summed E-state index contributed by atoms with van der Waals surface area (Å²) >= 11 is 0. The predicted octanol–water partition coefficient (Wildman–Crippen LogP) is 2.83. The van der Waals surface area contributed by atoms with Crippen LogP contribution < -0.4 is 9.47 Å². The summed E-state index contributed by atoms with van der Waals surface area (Å²) in [4.78, 5) is 12.2. The molecule has 0 amide bonds. The van der Waals surface area contributed by atoms with Crippen molar-refractivity contribution in [2.24, 2.45) is 0 Å². The van der Waals surface area contributed by atoms with E-state index in [2.05, 4.69) is 14.5 Å². The Morgan fingerprint density at radius 3 is 2.37 bits per heavy atom. The Hall–Kier alpha value is -2.20. The van der Waals surface area contributed by atoms with E-state index in [0.717, 1.165) is 7.11 Å². The van der Waals surface area contributed by atoms with E-state index in [-0.39, 0.29) is 0 Å². The lowest BCUT2D eigenvalue weighted by molar-refractivity contribution is -0.391. The zero-order chi connectivity index (χ0) is 14.8. The van der Waals surface area contributed by atoms with Gasteiger partial charge in [-0.05, 0) is 4.92 Å². The Balaban J connectivity index is 3.48. The fourth-order valence-electron chi connectivity index (χ4n) is 1.15. The summed E-state index contributed by atoms with van der Waals surface area (Å²) in [7, 11) is 0.950. The molecule has 1 heterocycles. The van der Waals surface area contributed by atoms with Gasteiger partial charge in [0.1, 0.15) is 0 Å². The number of nitro groups is 1. The molecule has 0 aliphatic heterocycles. The molecule has 0 spiro atoms. The summed E-state index contributed by atoms with van der Waals surface area (Å²) < 4.78 is 69.1. The molecule has 11 heteroatoms. The molecule has 0 saturated carbocycles. The average Bonchev–Trinajstić information content (AvgIpc) is 2.24. The van der Waals surface area contributed by atoms with E-state index in [1.807, 2.05) is 0 Å². The second-order valence-corrected chi connectivity index (χ2v) is 3.01. The van der Waals surface area contributed by atoms with Gasteiger partial charge in [-0.3, -0.25) is 0 Å². The van der Waals surface area contributed by atoms with Gasteiger partial charge in [0.2, 0.25) is 0 Å². The molecule has 19 heavy (non-hydrogen) atoms. The smallest absolute Gasteiger partial charge is 0.463 e. The summed E-state index contributed by atoms with van der Waals surface area (Å²) in [5.41, 5.74) is -1.57. The number of nitrogens with zero attached hydrogens (tertiary/aromatic N) is 2. The van der Waals surface area contributed by atoms with Crippen molar-refractivity contribution in [2.45, 2.75) is 12.8 Å². The van der Waals surface area contributed by atoms with Crippen molar-refractivity contribution >= 4 is 5.82 Å². The fourth-order valence-corrected chi connectivity index (χ4v) is 1.15. The van der Waals surface area contributed by atoms with Gasteiger partial charge < -0.3 is 19.6 Å². The van der Waals surface area contributed by atoms with Crippen molar-refractivity contribution in [1.82, 2.24) is 4.98 Å². The van der Waals surface area contributed by atoms with Crippen molar-refractivity contribution in [3.05, 3.63) is 21.7 Å². The number of alkyl halides is 5. The van der Waals surface area contributed by atoms with Crippen LogP contribution in [0.5, 0.6) is 11.6 Å². The monoisotopic (exact) mass is 288 g/mol. The second-order valence-electron chi connectivity index (χ2n) is 3.01. The minimum Gasteiger partial charge on any atom is -0.463 e. The molecule has 1 rings (SSSR count). The standard InChI is InChI=1S/C8H5F5N2O4/c1-18-4-2-3(19-8(11,12)13)5(6(9)10)7(14-4)15(16)17/h2,6H,1H3. The molecule has 0 aromatic carbocycles. The van der Waals surface area contributed by atoms with Crippen LogP contribution in [-0.4, -0.2) is 23.4 Å². The summed E-state index contributed by atoms with van der Waals surface area (Å²) in [6.07, 6.45) is -8.86. The first-order valence-electron chi connectivity index (χ1n) is 4.43. The molecule has 0 bridgehead atoms. The number of pyridine rings is 1. The van der Waals surface area contributed by atoms with E-state index >= 15 is 0 Å². The van der Waals surface area contributed by atoms with Crippen LogP contribution in [0.2, 0.25) is 0 Å². The number of hydrogen-bond donors (Lipinski definition) is 0. The topological polar surface area (TPSA) is 74.5 Å². The molecule has 106 valence electrons. The molecule has 0 aliphatic carbocycles. The van der Waals surface area contributed by atoms with E-state index in [1.54, 1.807) is 0 Å². The van der Waals surface area contributed by atoms with Crippen LogP contribution in [0, 0.1) is 10.1 Å². The van der Waals surface area contributed by atoms with E-state index in [1.165, 1.54) is 0 Å². The Kier molecular flexibility index (Phi) is 4.07. The van der Waals surface area contributed by atoms with Gasteiger partial charge in [-0.15, -0.1) is 13.2 Å². The summed E-state index contributed by atoms with van der Waals surface area (Å²) in [5, 5.41) is 10.5. The van der Waals surface area contributed by atoms with Crippen molar-refractivity contribution in [3.8, 4) is 11.6 Å². The van der Waals surface area contributed by atoms with Crippen LogP contribution in [-0.2, 0) is 0 Å². The van der Waals surface area contributed by atoms with Gasteiger partial charge >= 0.3 is 18.1 Å². The van der Waals surface area contributed by atoms with Crippen molar-refractivity contribution in [3.63, 3.8) is 0 Å². The number of aromatic nitrogens is 1. The maximum atomic E-state index is 12.6. The Bertz CT molecular complexity index is 491. The molecular weight excluding hydrogens is 283 g/mol. The highest BCUT2D eigenvalue weighted by Crippen LogP contribution is 2.40. The molecule has 0 radical (unpaired) electrons. The van der Waals surface area contributed by atoms with Gasteiger partial charge in [0.25, 0.3) is 6.43 Å². The largest absolute Gasteiger partial charge is 0.573 e. The van der Waals surface area contributed by atoms with Gasteiger partial charge in [-0.2, -0.15) is 0 Å². The van der Waals surface area contributed by atoms with Crippen LogP contribution in [0.4, 0.5) is 27.8 Å². The number of halogens is 5. The highest BCUT2D eigenvalue weighted by atomic mass is 19.4. The van der Waals surface area contributed by atoms with Gasteiger partial charge in [0.05, 0.1) is 13.2 Å². The minimum absolute atomic E-state index is 0.391. The Labute approximate surface area is 101 Å². The van der Waals surface area contributed by atoms with Crippen LogP contribution >= 0.6 is 0 Å². The lowest BCUT2D eigenvalue weighted by Crippen LogP contribution is -2.19. The highest BCUT2D eigenvalue weighted by molar-refractivity contribution is 5.48. The number of ether oxygens (including phenoxy) is 2. The first-order valence-corrected chi connectivity index (χ1v) is 4.43. The van der Waals surface area contributed by atoms with Crippen LogP contribution in [0.15, 0.2) is 6.07 Å². The minimum atomic E-state index is -5.29. The molecule has 1 aromatic heterocycles. The molecule has 6 nitrogen and oxygen atoms in total. The molecule has 0 saturated heterocycles. The third-order valence-electron chi connectivity index (χ3n) is 1.80. The Morgan fingerprint density at radius 2 is 2.00 bits per heavy atom. The van der Waals surface area contributed by atoms with E-state index in [9.17, 15) is 32.1 Å². The quantitative estimate of drug-likeness (QED) is 0.484. The maximum Gasteiger partial charge on any atom is 0.573 e.